The molecule has 0 aliphatic carbocycles. The van der Waals surface area contributed by atoms with Crippen molar-refractivity contribution in [1.29, 1.82) is 0 Å². The molecule has 2 amide bonds. The Labute approximate surface area is 159 Å². The Hall–Kier alpha value is -2.28. The first kappa shape index (κ1) is 15.9. The number of carbonyl (C=O) groups excluding carboxylic acids is 2. The second-order valence-electron chi connectivity index (χ2n) is 6.50. The van der Waals surface area contributed by atoms with Gasteiger partial charge in [0.1, 0.15) is 0 Å². The van der Waals surface area contributed by atoms with E-state index in [2.05, 4.69) is 33.9 Å². The van der Waals surface area contributed by atoms with Crippen LogP contribution in [0.25, 0.3) is 0 Å². The molecular weight excluding hydrogens is 364 g/mol. The van der Waals surface area contributed by atoms with Crippen LogP contribution in [0.1, 0.15) is 42.1 Å². The SMILES string of the molecule is O=C1c2ccccc2C(=O)N1CN1CCc2sccc2[C@@H]1c1cccs1. The summed E-state index contributed by atoms with van der Waals surface area (Å²) in [4.78, 5) is 31.8. The van der Waals surface area contributed by atoms with Gasteiger partial charge in [0.15, 0.2) is 0 Å². The van der Waals surface area contributed by atoms with Gasteiger partial charge < -0.3 is 0 Å². The molecule has 0 saturated heterocycles. The number of imide groups is 1. The summed E-state index contributed by atoms with van der Waals surface area (Å²) >= 11 is 3.51. The summed E-state index contributed by atoms with van der Waals surface area (Å²) in [6, 6.07) is 13.6. The molecule has 0 unspecified atom stereocenters. The lowest BCUT2D eigenvalue weighted by Gasteiger charge is -2.37. The number of fused-ring (bicyclic) bond motifs is 2. The van der Waals surface area contributed by atoms with Crippen molar-refractivity contribution in [2.45, 2.75) is 12.5 Å². The highest BCUT2D eigenvalue weighted by Gasteiger charge is 2.39. The van der Waals surface area contributed by atoms with Gasteiger partial charge in [-0.3, -0.25) is 19.4 Å². The van der Waals surface area contributed by atoms with E-state index in [1.165, 1.54) is 20.2 Å². The molecule has 5 rings (SSSR count). The van der Waals surface area contributed by atoms with Crippen molar-refractivity contribution in [3.05, 3.63) is 79.7 Å². The minimum Gasteiger partial charge on any atom is -0.273 e. The third-order valence-electron chi connectivity index (χ3n) is 5.08. The highest BCUT2D eigenvalue weighted by Crippen LogP contribution is 2.40. The lowest BCUT2D eigenvalue weighted by Crippen LogP contribution is -2.45. The average molecular weight is 380 g/mol. The van der Waals surface area contributed by atoms with E-state index in [9.17, 15) is 9.59 Å². The number of hydrogen-bond donors (Lipinski definition) is 0. The van der Waals surface area contributed by atoms with Gasteiger partial charge in [-0.15, -0.1) is 22.7 Å². The van der Waals surface area contributed by atoms with Gasteiger partial charge in [0, 0.05) is 16.3 Å². The van der Waals surface area contributed by atoms with E-state index in [1.807, 2.05) is 0 Å². The van der Waals surface area contributed by atoms with Gasteiger partial charge in [-0.05, 0) is 47.0 Å². The van der Waals surface area contributed by atoms with Crippen LogP contribution in [0.5, 0.6) is 0 Å². The highest BCUT2D eigenvalue weighted by atomic mass is 32.1. The summed E-state index contributed by atoms with van der Waals surface area (Å²) in [5.41, 5.74) is 2.33. The Morgan fingerprint density at radius 2 is 1.69 bits per heavy atom. The fourth-order valence-corrected chi connectivity index (χ4v) is 5.63. The third-order valence-corrected chi connectivity index (χ3v) is 7.00. The number of rotatable bonds is 3. The number of hydrogen-bond acceptors (Lipinski definition) is 5. The van der Waals surface area contributed by atoms with Gasteiger partial charge in [0.05, 0.1) is 23.8 Å². The van der Waals surface area contributed by atoms with Crippen molar-refractivity contribution in [1.82, 2.24) is 9.80 Å². The third kappa shape index (κ3) is 2.37. The van der Waals surface area contributed by atoms with Crippen LogP contribution in [0.3, 0.4) is 0 Å². The van der Waals surface area contributed by atoms with Gasteiger partial charge in [0.25, 0.3) is 11.8 Å². The zero-order chi connectivity index (χ0) is 17.7. The first-order valence-electron chi connectivity index (χ1n) is 8.53. The Balaban J connectivity index is 1.49. The Morgan fingerprint density at radius 1 is 0.923 bits per heavy atom. The maximum atomic E-state index is 12.8. The molecule has 1 aromatic carbocycles. The molecule has 26 heavy (non-hydrogen) atoms. The first-order valence-corrected chi connectivity index (χ1v) is 10.3. The molecule has 0 saturated carbocycles. The van der Waals surface area contributed by atoms with E-state index in [1.54, 1.807) is 46.9 Å². The molecule has 0 spiro atoms. The molecule has 3 aromatic rings. The molecule has 2 aromatic heterocycles. The average Bonchev–Trinajstić information content (AvgIpc) is 3.39. The Morgan fingerprint density at radius 3 is 2.38 bits per heavy atom. The maximum Gasteiger partial charge on any atom is 0.262 e. The number of nitrogens with zero attached hydrogens (tertiary/aromatic N) is 2. The van der Waals surface area contributed by atoms with Crippen molar-refractivity contribution < 1.29 is 9.59 Å². The molecule has 4 heterocycles. The number of thiophene rings is 2. The lowest BCUT2D eigenvalue weighted by molar-refractivity contribution is 0.0498. The highest BCUT2D eigenvalue weighted by molar-refractivity contribution is 7.10. The van der Waals surface area contributed by atoms with E-state index in [-0.39, 0.29) is 17.9 Å². The van der Waals surface area contributed by atoms with Crippen LogP contribution < -0.4 is 0 Å². The van der Waals surface area contributed by atoms with Crippen LogP contribution in [0.2, 0.25) is 0 Å². The number of benzene rings is 1. The zero-order valence-corrected chi connectivity index (χ0v) is 15.6. The quantitative estimate of drug-likeness (QED) is 0.645. The summed E-state index contributed by atoms with van der Waals surface area (Å²) in [7, 11) is 0. The van der Waals surface area contributed by atoms with Crippen molar-refractivity contribution in [2.75, 3.05) is 13.2 Å². The fourth-order valence-electron chi connectivity index (χ4n) is 3.85. The van der Waals surface area contributed by atoms with Gasteiger partial charge in [0.2, 0.25) is 0 Å². The molecule has 0 fully saturated rings. The Kier molecular flexibility index (Phi) is 3.77. The lowest BCUT2D eigenvalue weighted by atomic mass is 9.99. The van der Waals surface area contributed by atoms with Crippen LogP contribution in [0, 0.1) is 0 Å². The number of amides is 2. The Bertz CT molecular complexity index is 958. The topological polar surface area (TPSA) is 40.6 Å². The largest absolute Gasteiger partial charge is 0.273 e. The molecular formula is C20H16N2O2S2. The van der Waals surface area contributed by atoms with Gasteiger partial charge in [-0.25, -0.2) is 0 Å². The minimum atomic E-state index is -0.188. The summed E-state index contributed by atoms with van der Waals surface area (Å²) in [6.07, 6.45) is 0.956. The van der Waals surface area contributed by atoms with Crippen LogP contribution in [0.4, 0.5) is 0 Å². The molecule has 6 heteroatoms. The molecule has 130 valence electrons. The second kappa shape index (κ2) is 6.16. The van der Waals surface area contributed by atoms with Crippen LogP contribution in [-0.4, -0.2) is 34.8 Å². The van der Waals surface area contributed by atoms with Crippen LogP contribution >= 0.6 is 22.7 Å². The standard InChI is InChI=1S/C20H16N2O2S2/c23-19-13-4-1-2-5-14(13)20(24)22(19)12-21-9-7-16-15(8-11-26-16)18(21)17-6-3-10-25-17/h1-6,8,10-11,18H,7,9,12H2/t18-/m1/s1. The van der Waals surface area contributed by atoms with Crippen molar-refractivity contribution >= 4 is 34.5 Å². The summed E-state index contributed by atoms with van der Waals surface area (Å²) < 4.78 is 0. The smallest absolute Gasteiger partial charge is 0.262 e. The predicted octanol–water partition coefficient (Wildman–Crippen LogP) is 4.01. The summed E-state index contributed by atoms with van der Waals surface area (Å²) in [5.74, 6) is -0.377. The van der Waals surface area contributed by atoms with Crippen LogP contribution in [0.15, 0.2) is 53.2 Å². The van der Waals surface area contributed by atoms with Crippen molar-refractivity contribution in [2.24, 2.45) is 0 Å². The molecule has 0 radical (unpaired) electrons. The molecule has 0 bridgehead atoms. The second-order valence-corrected chi connectivity index (χ2v) is 8.48. The van der Waals surface area contributed by atoms with Crippen LogP contribution in [-0.2, 0) is 6.42 Å². The monoisotopic (exact) mass is 380 g/mol. The minimum absolute atomic E-state index is 0.106. The number of carbonyl (C=O) groups is 2. The maximum absolute atomic E-state index is 12.8. The van der Waals surface area contributed by atoms with Gasteiger partial charge in [-0.2, -0.15) is 0 Å². The van der Waals surface area contributed by atoms with Gasteiger partial charge in [-0.1, -0.05) is 18.2 Å². The van der Waals surface area contributed by atoms with E-state index in [4.69, 9.17) is 0 Å². The molecule has 0 N–H and O–H groups in total. The van der Waals surface area contributed by atoms with E-state index < -0.39 is 0 Å². The first-order chi connectivity index (χ1) is 12.7. The van der Waals surface area contributed by atoms with Crippen molar-refractivity contribution in [3.8, 4) is 0 Å². The van der Waals surface area contributed by atoms with Gasteiger partial charge >= 0.3 is 0 Å². The summed E-state index contributed by atoms with van der Waals surface area (Å²) in [6.45, 7) is 1.16. The molecule has 2 aliphatic heterocycles. The normalized spacial score (nSPS) is 19.7. The fraction of sp³-hybridized carbons (Fsp3) is 0.200. The predicted molar refractivity (Wildman–Crippen MR) is 103 cm³/mol. The summed E-state index contributed by atoms with van der Waals surface area (Å²) in [5, 5.41) is 4.22. The zero-order valence-electron chi connectivity index (χ0n) is 13.9. The van der Waals surface area contributed by atoms with E-state index in [0.717, 1.165) is 13.0 Å². The molecule has 1 atom stereocenters. The van der Waals surface area contributed by atoms with Crippen molar-refractivity contribution in [3.63, 3.8) is 0 Å². The molecule has 2 aliphatic rings. The molecule has 4 nitrogen and oxygen atoms in total. The van der Waals surface area contributed by atoms with E-state index >= 15 is 0 Å². The van der Waals surface area contributed by atoms with E-state index in [0.29, 0.717) is 17.8 Å².